The van der Waals surface area contributed by atoms with Crippen LogP contribution < -0.4 is 15.4 Å². The molecule has 2 rings (SSSR count). The minimum absolute atomic E-state index is 0.204. The summed E-state index contributed by atoms with van der Waals surface area (Å²) in [6.07, 6.45) is 2.46. The first-order chi connectivity index (χ1) is 8.26. The number of hydrogen-bond donors (Lipinski definition) is 1. The van der Waals surface area contributed by atoms with Crippen molar-refractivity contribution in [3.05, 3.63) is 22.7 Å². The van der Waals surface area contributed by atoms with Gasteiger partial charge in [0.1, 0.15) is 0 Å². The van der Waals surface area contributed by atoms with Crippen molar-refractivity contribution in [2.24, 2.45) is 11.8 Å². The van der Waals surface area contributed by atoms with E-state index in [1.165, 1.54) is 12.8 Å². The Morgan fingerprint density at radius 3 is 2.76 bits per heavy atom. The van der Waals surface area contributed by atoms with Crippen LogP contribution in [0.2, 0.25) is 5.02 Å². The predicted molar refractivity (Wildman–Crippen MR) is 65.2 cm³/mol. The third-order valence-corrected chi connectivity index (χ3v) is 3.13. The maximum absolute atomic E-state index is 6.10. The van der Waals surface area contributed by atoms with E-state index in [2.05, 4.69) is 4.84 Å². The Hall–Kier alpha value is -0.970. The Labute approximate surface area is 106 Å². The highest BCUT2D eigenvalue weighted by atomic mass is 35.5. The first-order valence-electron chi connectivity index (χ1n) is 5.56. The van der Waals surface area contributed by atoms with E-state index in [0.29, 0.717) is 29.0 Å². The zero-order chi connectivity index (χ0) is 12.3. The molecule has 0 radical (unpaired) electrons. The van der Waals surface area contributed by atoms with Crippen molar-refractivity contribution in [2.45, 2.75) is 19.4 Å². The molecule has 0 aromatic heterocycles. The maximum Gasteiger partial charge on any atom is 0.168 e. The molecule has 1 aromatic rings. The summed E-state index contributed by atoms with van der Waals surface area (Å²) in [4.78, 5) is 4.65. The average molecular weight is 258 g/mol. The van der Waals surface area contributed by atoms with Gasteiger partial charge in [-0.1, -0.05) is 11.6 Å². The molecule has 0 bridgehead atoms. The Morgan fingerprint density at radius 2 is 2.18 bits per heavy atom. The third-order valence-electron chi connectivity index (χ3n) is 2.78. The summed E-state index contributed by atoms with van der Waals surface area (Å²) >= 11 is 6.10. The summed E-state index contributed by atoms with van der Waals surface area (Å²) in [6, 6.07) is 3.53. The molecule has 1 aliphatic rings. The van der Waals surface area contributed by atoms with Gasteiger partial charge in [-0.3, -0.25) is 4.84 Å². The van der Waals surface area contributed by atoms with Gasteiger partial charge in [0.05, 0.1) is 25.3 Å². The molecule has 17 heavy (non-hydrogen) atoms. The molecule has 1 aliphatic carbocycles. The van der Waals surface area contributed by atoms with Gasteiger partial charge in [-0.05, 0) is 30.9 Å². The van der Waals surface area contributed by atoms with Crippen LogP contribution in [0.5, 0.6) is 11.5 Å². The number of rotatable bonds is 6. The van der Waals surface area contributed by atoms with Crippen molar-refractivity contribution in [1.82, 2.24) is 0 Å². The standard InChI is InChI=1S/C12H16ClNO3/c1-15-11-5-4-10(13)9(7-17-14)12(11)16-6-8-2-3-8/h4-5,8H,2-3,6-7,14H2,1H3. The second-order valence-electron chi connectivity index (χ2n) is 4.12. The molecular formula is C12H16ClNO3. The summed E-state index contributed by atoms with van der Waals surface area (Å²) < 4.78 is 11.0. The van der Waals surface area contributed by atoms with E-state index < -0.39 is 0 Å². The topological polar surface area (TPSA) is 53.7 Å². The number of hydrogen-bond acceptors (Lipinski definition) is 4. The van der Waals surface area contributed by atoms with Crippen molar-refractivity contribution in [2.75, 3.05) is 13.7 Å². The molecule has 0 atom stereocenters. The lowest BCUT2D eigenvalue weighted by Crippen LogP contribution is -2.07. The quantitative estimate of drug-likeness (QED) is 0.796. The molecule has 0 aliphatic heterocycles. The minimum atomic E-state index is 0.204. The van der Waals surface area contributed by atoms with Crippen molar-refractivity contribution >= 4 is 11.6 Å². The van der Waals surface area contributed by atoms with Crippen LogP contribution in [0.4, 0.5) is 0 Å². The second kappa shape index (κ2) is 5.58. The van der Waals surface area contributed by atoms with Crippen LogP contribution in [0.1, 0.15) is 18.4 Å². The minimum Gasteiger partial charge on any atom is -0.493 e. The smallest absolute Gasteiger partial charge is 0.168 e. The lowest BCUT2D eigenvalue weighted by molar-refractivity contribution is 0.120. The third kappa shape index (κ3) is 3.03. The fraction of sp³-hybridized carbons (Fsp3) is 0.500. The Kier molecular flexibility index (Phi) is 4.10. The van der Waals surface area contributed by atoms with Gasteiger partial charge >= 0.3 is 0 Å². The predicted octanol–water partition coefficient (Wildman–Crippen LogP) is 2.53. The van der Waals surface area contributed by atoms with Crippen molar-refractivity contribution in [1.29, 1.82) is 0 Å². The number of nitrogens with two attached hydrogens (primary N) is 1. The van der Waals surface area contributed by atoms with Crippen LogP contribution in [0.3, 0.4) is 0 Å². The molecule has 1 aromatic carbocycles. The van der Waals surface area contributed by atoms with E-state index in [0.717, 1.165) is 5.56 Å². The summed E-state index contributed by atoms with van der Waals surface area (Å²) in [5.74, 6) is 7.05. The summed E-state index contributed by atoms with van der Waals surface area (Å²) in [5.41, 5.74) is 0.731. The molecule has 1 saturated carbocycles. The van der Waals surface area contributed by atoms with E-state index >= 15 is 0 Å². The van der Waals surface area contributed by atoms with E-state index in [1.54, 1.807) is 19.2 Å². The second-order valence-corrected chi connectivity index (χ2v) is 4.53. The Bertz CT molecular complexity index is 394. The lowest BCUT2D eigenvalue weighted by atomic mass is 10.2. The molecule has 5 heteroatoms. The molecule has 1 fully saturated rings. The fourth-order valence-corrected chi connectivity index (χ4v) is 1.81. The molecule has 0 amide bonds. The molecule has 2 N–H and O–H groups in total. The van der Waals surface area contributed by atoms with Gasteiger partial charge in [0, 0.05) is 5.56 Å². The zero-order valence-corrected chi connectivity index (χ0v) is 10.5. The van der Waals surface area contributed by atoms with Gasteiger partial charge in [0.25, 0.3) is 0 Å². The molecular weight excluding hydrogens is 242 g/mol. The summed E-state index contributed by atoms with van der Waals surface area (Å²) in [6.45, 7) is 0.893. The number of methoxy groups -OCH3 is 1. The van der Waals surface area contributed by atoms with Gasteiger partial charge in [-0.25, -0.2) is 5.90 Å². The van der Waals surface area contributed by atoms with Crippen molar-refractivity contribution in [3.8, 4) is 11.5 Å². The summed E-state index contributed by atoms with van der Waals surface area (Å²) in [7, 11) is 1.60. The van der Waals surface area contributed by atoms with E-state index in [9.17, 15) is 0 Å². The highest BCUT2D eigenvalue weighted by Crippen LogP contribution is 2.38. The lowest BCUT2D eigenvalue weighted by Gasteiger charge is -2.15. The SMILES string of the molecule is COc1ccc(Cl)c(CON)c1OCC1CC1. The average Bonchev–Trinajstić information content (AvgIpc) is 3.14. The molecule has 0 unspecified atom stereocenters. The normalized spacial score (nSPS) is 14.8. The molecule has 0 heterocycles. The van der Waals surface area contributed by atoms with Crippen molar-refractivity contribution < 1.29 is 14.3 Å². The van der Waals surface area contributed by atoms with Crippen LogP contribution in [-0.2, 0) is 11.4 Å². The number of ether oxygens (including phenoxy) is 2. The molecule has 0 saturated heterocycles. The van der Waals surface area contributed by atoms with Gasteiger partial charge in [-0.2, -0.15) is 0 Å². The number of halogens is 1. The first-order valence-corrected chi connectivity index (χ1v) is 5.94. The zero-order valence-electron chi connectivity index (χ0n) is 9.74. The van der Waals surface area contributed by atoms with Gasteiger partial charge in [0.15, 0.2) is 11.5 Å². The maximum atomic E-state index is 6.10. The molecule has 0 spiro atoms. The monoisotopic (exact) mass is 257 g/mol. The Balaban J connectivity index is 2.24. The van der Waals surface area contributed by atoms with E-state index in [4.69, 9.17) is 27.0 Å². The van der Waals surface area contributed by atoms with Crippen LogP contribution in [0, 0.1) is 5.92 Å². The van der Waals surface area contributed by atoms with Gasteiger partial charge < -0.3 is 9.47 Å². The fourth-order valence-electron chi connectivity index (χ4n) is 1.60. The van der Waals surface area contributed by atoms with E-state index in [-0.39, 0.29) is 6.61 Å². The number of benzene rings is 1. The largest absolute Gasteiger partial charge is 0.493 e. The summed E-state index contributed by atoms with van der Waals surface area (Å²) in [5, 5.41) is 0.571. The van der Waals surface area contributed by atoms with Gasteiger partial charge in [-0.15, -0.1) is 0 Å². The van der Waals surface area contributed by atoms with Crippen LogP contribution >= 0.6 is 11.6 Å². The van der Waals surface area contributed by atoms with E-state index in [1.807, 2.05) is 0 Å². The van der Waals surface area contributed by atoms with Crippen molar-refractivity contribution in [3.63, 3.8) is 0 Å². The highest BCUT2D eigenvalue weighted by Gasteiger charge is 2.24. The van der Waals surface area contributed by atoms with Crippen LogP contribution in [-0.4, -0.2) is 13.7 Å². The Morgan fingerprint density at radius 1 is 1.41 bits per heavy atom. The highest BCUT2D eigenvalue weighted by molar-refractivity contribution is 6.31. The van der Waals surface area contributed by atoms with Crippen LogP contribution in [0.25, 0.3) is 0 Å². The van der Waals surface area contributed by atoms with Crippen LogP contribution in [0.15, 0.2) is 12.1 Å². The first kappa shape index (κ1) is 12.5. The van der Waals surface area contributed by atoms with Gasteiger partial charge in [0.2, 0.25) is 0 Å². The molecule has 4 nitrogen and oxygen atoms in total. The molecule has 94 valence electrons.